The maximum Gasteiger partial charge on any atom is 0.202 e. The molecule has 0 unspecified atom stereocenters. The average molecular weight is 238 g/mol. The predicted molar refractivity (Wildman–Crippen MR) is 67.0 cm³/mol. The summed E-state index contributed by atoms with van der Waals surface area (Å²) in [5.74, 6) is 0.971. The highest BCUT2D eigenvalue weighted by Gasteiger charge is 2.04. The molecule has 0 aromatic heterocycles. The lowest BCUT2D eigenvalue weighted by Gasteiger charge is -2.09. The molecule has 6 heteroatoms. The molecule has 0 atom stereocenters. The minimum Gasteiger partial charge on any atom is -0.370 e. The van der Waals surface area contributed by atoms with Gasteiger partial charge in [-0.3, -0.25) is 15.3 Å². The zero-order chi connectivity index (χ0) is 11.4. The molecule has 1 heterocycles. The van der Waals surface area contributed by atoms with E-state index >= 15 is 0 Å². The van der Waals surface area contributed by atoms with Crippen LogP contribution < -0.4 is 16.4 Å². The zero-order valence-electron chi connectivity index (χ0n) is 8.57. The Balaban J connectivity index is 2.06. The average Bonchev–Trinajstić information content (AvgIpc) is 2.46. The van der Waals surface area contributed by atoms with Crippen LogP contribution in [-0.4, -0.2) is 25.0 Å². The molecule has 0 saturated heterocycles. The Hall–Kier alpha value is -1.75. The van der Waals surface area contributed by atoms with Gasteiger partial charge in [0.05, 0.1) is 13.1 Å². The predicted octanol–water partition coefficient (Wildman–Crippen LogP) is 1.03. The van der Waals surface area contributed by atoms with Gasteiger partial charge in [-0.1, -0.05) is 11.6 Å². The molecular weight excluding hydrogens is 226 g/mol. The topological polar surface area (TPSA) is 74.8 Å². The molecule has 1 aromatic rings. The maximum absolute atomic E-state index is 5.79. The van der Waals surface area contributed by atoms with Crippen LogP contribution >= 0.6 is 11.6 Å². The fourth-order valence-corrected chi connectivity index (χ4v) is 1.40. The Morgan fingerprint density at radius 2 is 1.88 bits per heavy atom. The summed E-state index contributed by atoms with van der Waals surface area (Å²) in [5.41, 5.74) is 6.49. The molecule has 1 aliphatic heterocycles. The van der Waals surface area contributed by atoms with E-state index in [4.69, 9.17) is 17.3 Å². The molecule has 0 amide bonds. The lowest BCUT2D eigenvalue weighted by molar-refractivity contribution is 0.982. The largest absolute Gasteiger partial charge is 0.370 e. The van der Waals surface area contributed by atoms with Crippen molar-refractivity contribution >= 4 is 29.2 Å². The van der Waals surface area contributed by atoms with Crippen molar-refractivity contribution in [2.24, 2.45) is 15.7 Å². The Labute approximate surface area is 98.4 Å². The number of nitrogens with one attached hydrogen (secondary N) is 2. The summed E-state index contributed by atoms with van der Waals surface area (Å²) >= 11 is 5.79. The molecule has 0 fully saturated rings. The van der Waals surface area contributed by atoms with Gasteiger partial charge in [0.25, 0.3) is 0 Å². The van der Waals surface area contributed by atoms with Gasteiger partial charge in [0.2, 0.25) is 5.96 Å². The van der Waals surface area contributed by atoms with Crippen LogP contribution in [0.3, 0.4) is 0 Å². The van der Waals surface area contributed by atoms with Crippen LogP contribution in [0.15, 0.2) is 34.3 Å². The van der Waals surface area contributed by atoms with Gasteiger partial charge < -0.3 is 11.1 Å². The second-order valence-corrected chi connectivity index (χ2v) is 3.69. The molecule has 5 nitrogen and oxygen atoms in total. The standard InChI is InChI=1S/C10H12ClN5/c11-7-1-3-8(4-2-7)15-10-14-6-5-13-9(12)16-10/h1-4H,5-6H2,(H4,12,13,14,15,16). The maximum atomic E-state index is 5.79. The zero-order valence-corrected chi connectivity index (χ0v) is 9.33. The van der Waals surface area contributed by atoms with Crippen LogP contribution in [0.5, 0.6) is 0 Å². The number of rotatable bonds is 1. The van der Waals surface area contributed by atoms with E-state index in [-0.39, 0.29) is 0 Å². The van der Waals surface area contributed by atoms with Crippen molar-refractivity contribution in [2.75, 3.05) is 18.4 Å². The van der Waals surface area contributed by atoms with E-state index in [0.29, 0.717) is 30.0 Å². The number of nitrogens with two attached hydrogens (primary N) is 1. The van der Waals surface area contributed by atoms with Gasteiger partial charge in [0, 0.05) is 10.7 Å². The number of nitrogens with zero attached hydrogens (tertiary/aromatic N) is 2. The molecule has 84 valence electrons. The number of hydrogen-bond donors (Lipinski definition) is 3. The van der Waals surface area contributed by atoms with Crippen LogP contribution in [0, 0.1) is 0 Å². The molecule has 0 radical (unpaired) electrons. The number of aliphatic imine (C=N–C) groups is 2. The van der Waals surface area contributed by atoms with E-state index in [2.05, 4.69) is 20.6 Å². The fourth-order valence-electron chi connectivity index (χ4n) is 1.27. The molecule has 1 aromatic carbocycles. The van der Waals surface area contributed by atoms with Gasteiger partial charge in [0.1, 0.15) is 0 Å². The van der Waals surface area contributed by atoms with Gasteiger partial charge in [0.15, 0.2) is 5.96 Å². The van der Waals surface area contributed by atoms with Crippen molar-refractivity contribution in [3.05, 3.63) is 29.3 Å². The van der Waals surface area contributed by atoms with Crippen molar-refractivity contribution in [1.82, 2.24) is 5.32 Å². The molecule has 1 aliphatic rings. The Bertz CT molecular complexity index is 423. The van der Waals surface area contributed by atoms with E-state index < -0.39 is 0 Å². The van der Waals surface area contributed by atoms with Crippen molar-refractivity contribution < 1.29 is 0 Å². The Morgan fingerprint density at radius 1 is 1.19 bits per heavy atom. The highest BCUT2D eigenvalue weighted by atomic mass is 35.5. The molecule has 4 N–H and O–H groups in total. The van der Waals surface area contributed by atoms with Crippen molar-refractivity contribution in [3.8, 4) is 0 Å². The summed E-state index contributed by atoms with van der Waals surface area (Å²) in [6.45, 7) is 1.22. The SMILES string of the molecule is NC1=NCCN=C(Nc2ccc(Cl)cc2)N1. The first kappa shape index (κ1) is 10.8. The highest BCUT2D eigenvalue weighted by Crippen LogP contribution is 2.13. The van der Waals surface area contributed by atoms with Crippen LogP contribution in [0.1, 0.15) is 0 Å². The summed E-state index contributed by atoms with van der Waals surface area (Å²) in [6, 6.07) is 7.34. The Morgan fingerprint density at radius 3 is 2.62 bits per heavy atom. The molecule has 2 rings (SSSR count). The lowest BCUT2D eigenvalue weighted by atomic mass is 10.3. The summed E-state index contributed by atoms with van der Waals surface area (Å²) in [4.78, 5) is 8.30. The van der Waals surface area contributed by atoms with Crippen molar-refractivity contribution in [1.29, 1.82) is 0 Å². The first-order valence-electron chi connectivity index (χ1n) is 4.88. The summed E-state index contributed by atoms with van der Waals surface area (Å²) in [6.07, 6.45) is 0. The van der Waals surface area contributed by atoms with Gasteiger partial charge in [-0.15, -0.1) is 0 Å². The third-order valence-corrected chi connectivity index (χ3v) is 2.26. The van der Waals surface area contributed by atoms with Gasteiger partial charge in [-0.05, 0) is 24.3 Å². The van der Waals surface area contributed by atoms with Crippen molar-refractivity contribution in [2.45, 2.75) is 0 Å². The number of hydrogen-bond acceptors (Lipinski definition) is 5. The number of halogens is 1. The Kier molecular flexibility index (Phi) is 3.26. The second kappa shape index (κ2) is 4.85. The number of benzene rings is 1. The van der Waals surface area contributed by atoms with E-state index in [9.17, 15) is 0 Å². The number of anilines is 1. The smallest absolute Gasteiger partial charge is 0.202 e. The first-order chi connectivity index (χ1) is 7.74. The van der Waals surface area contributed by atoms with Crippen LogP contribution in [0.2, 0.25) is 5.02 Å². The minimum atomic E-state index is 0.373. The van der Waals surface area contributed by atoms with Crippen LogP contribution in [-0.2, 0) is 0 Å². The molecular formula is C10H12ClN5. The van der Waals surface area contributed by atoms with Crippen LogP contribution in [0.4, 0.5) is 5.69 Å². The van der Waals surface area contributed by atoms with Crippen LogP contribution in [0.25, 0.3) is 0 Å². The van der Waals surface area contributed by atoms with Gasteiger partial charge in [-0.25, -0.2) is 0 Å². The fraction of sp³-hybridized carbons (Fsp3) is 0.200. The number of guanidine groups is 2. The highest BCUT2D eigenvalue weighted by molar-refractivity contribution is 6.30. The molecule has 0 aliphatic carbocycles. The summed E-state index contributed by atoms with van der Waals surface area (Å²) in [7, 11) is 0. The normalized spacial score (nSPS) is 15.6. The van der Waals surface area contributed by atoms with E-state index in [1.807, 2.05) is 12.1 Å². The quantitative estimate of drug-likeness (QED) is 0.683. The summed E-state index contributed by atoms with van der Waals surface area (Å²) < 4.78 is 0. The lowest BCUT2D eigenvalue weighted by Crippen LogP contribution is -2.40. The van der Waals surface area contributed by atoms with Crippen molar-refractivity contribution in [3.63, 3.8) is 0 Å². The van der Waals surface area contributed by atoms with Gasteiger partial charge >= 0.3 is 0 Å². The van der Waals surface area contributed by atoms with Gasteiger partial charge in [-0.2, -0.15) is 0 Å². The monoisotopic (exact) mass is 237 g/mol. The molecule has 0 saturated carbocycles. The molecule has 0 bridgehead atoms. The van der Waals surface area contributed by atoms with E-state index in [0.717, 1.165) is 5.69 Å². The third kappa shape index (κ3) is 2.87. The third-order valence-electron chi connectivity index (χ3n) is 2.01. The second-order valence-electron chi connectivity index (χ2n) is 3.25. The summed E-state index contributed by atoms with van der Waals surface area (Å²) in [5, 5.41) is 6.67. The minimum absolute atomic E-state index is 0.373. The van der Waals surface area contributed by atoms with E-state index in [1.54, 1.807) is 12.1 Å². The first-order valence-corrected chi connectivity index (χ1v) is 5.26. The van der Waals surface area contributed by atoms with E-state index in [1.165, 1.54) is 0 Å². The molecule has 16 heavy (non-hydrogen) atoms. The molecule has 0 spiro atoms.